The number of ether oxygens (including phenoxy) is 1. The number of carboxylic acids is 1. The standard InChI is InChI=1S/C31H36O3/c1-3-6-25(26-9-5-10-27(17-26)30(32)33)8-4-7-21-11-12-28(29(16-21)34-2)31-18-22-13-23(19-31)15-24(14-22)20-31/h3,5-6,8-12,16-17,22-24H,4,7,13-15,18-20H2,1-2H3,(H,32,33)/b6-3+,25-8-. The molecular weight excluding hydrogens is 420 g/mol. The van der Waals surface area contributed by atoms with Crippen LogP contribution in [0.15, 0.2) is 60.7 Å². The topological polar surface area (TPSA) is 46.5 Å². The van der Waals surface area contributed by atoms with Crippen molar-refractivity contribution in [2.45, 2.75) is 63.7 Å². The van der Waals surface area contributed by atoms with Crippen LogP contribution in [0, 0.1) is 17.8 Å². The molecule has 6 rings (SSSR count). The van der Waals surface area contributed by atoms with E-state index in [0.29, 0.717) is 11.0 Å². The lowest BCUT2D eigenvalue weighted by Gasteiger charge is -2.57. The van der Waals surface area contributed by atoms with Crippen molar-refractivity contribution < 1.29 is 14.6 Å². The molecule has 3 heteroatoms. The van der Waals surface area contributed by atoms with Gasteiger partial charge in [0.25, 0.3) is 0 Å². The fraction of sp³-hybridized carbons (Fsp3) is 0.452. The Hall–Kier alpha value is -2.81. The maximum atomic E-state index is 11.4. The summed E-state index contributed by atoms with van der Waals surface area (Å²) in [6.45, 7) is 1.99. The van der Waals surface area contributed by atoms with Crippen LogP contribution in [0.5, 0.6) is 5.75 Å². The van der Waals surface area contributed by atoms with Gasteiger partial charge in [0.2, 0.25) is 0 Å². The lowest BCUT2D eigenvalue weighted by Crippen LogP contribution is -2.48. The molecule has 0 amide bonds. The molecule has 2 aromatic rings. The first-order chi connectivity index (χ1) is 16.5. The number of rotatable bonds is 8. The van der Waals surface area contributed by atoms with Gasteiger partial charge in [-0.15, -0.1) is 0 Å². The maximum absolute atomic E-state index is 11.4. The molecule has 4 aliphatic carbocycles. The van der Waals surface area contributed by atoms with Gasteiger partial charge in [0.15, 0.2) is 0 Å². The van der Waals surface area contributed by atoms with E-state index in [2.05, 4.69) is 30.4 Å². The normalized spacial score (nSPS) is 27.9. The largest absolute Gasteiger partial charge is 0.496 e. The van der Waals surface area contributed by atoms with Crippen LogP contribution in [-0.2, 0) is 11.8 Å². The molecule has 2 aromatic carbocycles. The molecule has 0 spiro atoms. The number of carboxylic acid groups (broad SMARTS) is 1. The Bertz CT molecular complexity index is 1090. The minimum Gasteiger partial charge on any atom is -0.496 e. The number of aromatic carboxylic acids is 1. The van der Waals surface area contributed by atoms with Gasteiger partial charge in [0.05, 0.1) is 12.7 Å². The number of aryl methyl sites for hydroxylation is 1. The fourth-order valence-corrected chi connectivity index (χ4v) is 7.46. The van der Waals surface area contributed by atoms with E-state index in [-0.39, 0.29) is 0 Å². The highest BCUT2D eigenvalue weighted by atomic mass is 16.5. The van der Waals surface area contributed by atoms with Gasteiger partial charge in [-0.3, -0.25) is 0 Å². The van der Waals surface area contributed by atoms with Crippen LogP contribution in [0.2, 0.25) is 0 Å². The number of hydrogen-bond acceptors (Lipinski definition) is 2. The summed E-state index contributed by atoms with van der Waals surface area (Å²) < 4.78 is 5.96. The number of hydrogen-bond donors (Lipinski definition) is 1. The molecule has 178 valence electrons. The van der Waals surface area contributed by atoms with Gasteiger partial charge in [0, 0.05) is 5.56 Å². The van der Waals surface area contributed by atoms with Crippen molar-refractivity contribution in [2.75, 3.05) is 7.11 Å². The molecule has 4 fully saturated rings. The quantitative estimate of drug-likeness (QED) is 0.420. The second kappa shape index (κ2) is 9.44. The van der Waals surface area contributed by atoms with Crippen molar-refractivity contribution in [3.63, 3.8) is 0 Å². The molecule has 0 saturated heterocycles. The molecule has 4 bridgehead atoms. The van der Waals surface area contributed by atoms with Crippen molar-refractivity contribution in [3.8, 4) is 5.75 Å². The lowest BCUT2D eigenvalue weighted by atomic mass is 9.48. The van der Waals surface area contributed by atoms with Crippen LogP contribution in [-0.4, -0.2) is 18.2 Å². The summed E-state index contributed by atoms with van der Waals surface area (Å²) in [5.41, 5.74) is 5.40. The maximum Gasteiger partial charge on any atom is 0.335 e. The summed E-state index contributed by atoms with van der Waals surface area (Å²) in [5.74, 6) is 2.94. The SMILES string of the molecule is C/C=C/C(=C/CCc1ccc(C23CC4CC(CC(C4)C2)C3)c(OC)c1)c1cccc(C(=O)O)c1. The predicted molar refractivity (Wildman–Crippen MR) is 137 cm³/mol. The molecule has 0 heterocycles. The molecule has 0 aromatic heterocycles. The van der Waals surface area contributed by atoms with Gasteiger partial charge in [-0.1, -0.05) is 42.5 Å². The summed E-state index contributed by atoms with van der Waals surface area (Å²) >= 11 is 0. The summed E-state index contributed by atoms with van der Waals surface area (Å²) in [6, 6.07) is 14.1. The Kier molecular flexibility index (Phi) is 6.38. The average Bonchev–Trinajstić information content (AvgIpc) is 2.82. The van der Waals surface area contributed by atoms with E-state index >= 15 is 0 Å². The van der Waals surface area contributed by atoms with Gasteiger partial charge in [-0.05, 0) is 116 Å². The highest BCUT2D eigenvalue weighted by molar-refractivity contribution is 5.89. The molecule has 0 unspecified atom stereocenters. The van der Waals surface area contributed by atoms with Crippen molar-refractivity contribution in [3.05, 3.63) is 82.9 Å². The van der Waals surface area contributed by atoms with Crippen molar-refractivity contribution >= 4 is 11.5 Å². The van der Waals surface area contributed by atoms with Crippen LogP contribution >= 0.6 is 0 Å². The predicted octanol–water partition coefficient (Wildman–Crippen LogP) is 7.45. The first kappa shape index (κ1) is 23.0. The van der Waals surface area contributed by atoms with Gasteiger partial charge in [-0.25, -0.2) is 4.79 Å². The second-order valence-corrected chi connectivity index (χ2v) is 10.8. The molecule has 34 heavy (non-hydrogen) atoms. The fourth-order valence-electron chi connectivity index (χ4n) is 7.46. The van der Waals surface area contributed by atoms with E-state index in [9.17, 15) is 9.90 Å². The number of allylic oxidation sites excluding steroid dienone is 4. The van der Waals surface area contributed by atoms with Crippen LogP contribution in [0.4, 0.5) is 0 Å². The first-order valence-corrected chi connectivity index (χ1v) is 12.8. The minimum atomic E-state index is -0.895. The molecule has 4 aliphatic rings. The Morgan fingerprint density at radius 1 is 1.03 bits per heavy atom. The Balaban J connectivity index is 1.34. The molecular formula is C31H36O3. The zero-order valence-electron chi connectivity index (χ0n) is 20.4. The van der Waals surface area contributed by atoms with Gasteiger partial charge < -0.3 is 9.84 Å². The van der Waals surface area contributed by atoms with Crippen LogP contribution in [0.3, 0.4) is 0 Å². The smallest absolute Gasteiger partial charge is 0.335 e. The van der Waals surface area contributed by atoms with E-state index < -0.39 is 5.97 Å². The molecule has 0 atom stereocenters. The zero-order chi connectivity index (χ0) is 23.7. The second-order valence-electron chi connectivity index (χ2n) is 10.8. The average molecular weight is 457 g/mol. The third-order valence-electron chi connectivity index (χ3n) is 8.46. The number of methoxy groups -OCH3 is 1. The van der Waals surface area contributed by atoms with Crippen molar-refractivity contribution in [1.29, 1.82) is 0 Å². The van der Waals surface area contributed by atoms with Crippen LogP contribution in [0.25, 0.3) is 5.57 Å². The number of benzene rings is 2. The molecule has 0 radical (unpaired) electrons. The van der Waals surface area contributed by atoms with Crippen molar-refractivity contribution in [1.82, 2.24) is 0 Å². The van der Waals surface area contributed by atoms with Crippen LogP contribution < -0.4 is 4.74 Å². The third-order valence-corrected chi connectivity index (χ3v) is 8.46. The van der Waals surface area contributed by atoms with E-state index in [0.717, 1.165) is 47.5 Å². The third kappa shape index (κ3) is 4.45. The van der Waals surface area contributed by atoms with E-state index in [4.69, 9.17) is 4.74 Å². The highest BCUT2D eigenvalue weighted by Crippen LogP contribution is 2.61. The summed E-state index contributed by atoms with van der Waals surface area (Å²) in [6.07, 6.45) is 16.5. The lowest BCUT2D eigenvalue weighted by molar-refractivity contribution is -0.00616. The summed E-state index contributed by atoms with van der Waals surface area (Å²) in [4.78, 5) is 11.4. The van der Waals surface area contributed by atoms with Gasteiger partial charge >= 0.3 is 5.97 Å². The van der Waals surface area contributed by atoms with E-state index in [1.165, 1.54) is 49.7 Å². The van der Waals surface area contributed by atoms with Gasteiger partial charge in [-0.2, -0.15) is 0 Å². The molecule has 0 aliphatic heterocycles. The number of carbonyl (C=O) groups is 1. The minimum absolute atomic E-state index is 0.318. The summed E-state index contributed by atoms with van der Waals surface area (Å²) in [5, 5.41) is 9.33. The molecule has 1 N–H and O–H groups in total. The Labute approximate surface area is 203 Å². The van der Waals surface area contributed by atoms with E-state index in [1.807, 2.05) is 32.2 Å². The monoisotopic (exact) mass is 456 g/mol. The Morgan fingerprint density at radius 2 is 1.71 bits per heavy atom. The van der Waals surface area contributed by atoms with Gasteiger partial charge in [0.1, 0.15) is 5.75 Å². The van der Waals surface area contributed by atoms with Crippen molar-refractivity contribution in [2.24, 2.45) is 17.8 Å². The Morgan fingerprint density at radius 3 is 2.32 bits per heavy atom. The molecule has 4 saturated carbocycles. The summed E-state index contributed by atoms with van der Waals surface area (Å²) in [7, 11) is 1.82. The highest BCUT2D eigenvalue weighted by Gasteiger charge is 2.52. The zero-order valence-corrected chi connectivity index (χ0v) is 20.4. The van der Waals surface area contributed by atoms with E-state index in [1.54, 1.807) is 12.1 Å². The first-order valence-electron chi connectivity index (χ1n) is 12.8. The molecule has 3 nitrogen and oxygen atoms in total. The van der Waals surface area contributed by atoms with Crippen LogP contribution in [0.1, 0.15) is 78.9 Å².